The second-order valence-electron chi connectivity index (χ2n) is 7.21. The molecule has 0 aliphatic rings. The lowest BCUT2D eigenvalue weighted by Gasteiger charge is -2.15. The van der Waals surface area contributed by atoms with Gasteiger partial charge in [-0.1, -0.05) is 42.1 Å². The molecule has 2 aromatic carbocycles. The van der Waals surface area contributed by atoms with Crippen molar-refractivity contribution >= 4 is 28.7 Å². The highest BCUT2D eigenvalue weighted by atomic mass is 32.2. The van der Waals surface area contributed by atoms with Crippen LogP contribution in [0, 0.1) is 12.7 Å². The van der Waals surface area contributed by atoms with Gasteiger partial charge < -0.3 is 10.3 Å². The second-order valence-corrected chi connectivity index (χ2v) is 8.16. The number of amides is 1. The maximum atomic E-state index is 13.4. The van der Waals surface area contributed by atoms with Crippen LogP contribution in [-0.2, 0) is 4.79 Å². The summed E-state index contributed by atoms with van der Waals surface area (Å²) in [6, 6.07) is 16.9. The van der Waals surface area contributed by atoms with Gasteiger partial charge in [0, 0.05) is 5.69 Å². The number of carbonyl (C=O) groups is 1. The molecule has 2 N–H and O–H groups in total. The minimum Gasteiger partial charge on any atom is -0.353 e. The number of aromatic amines is 1. The van der Waals surface area contributed by atoms with Gasteiger partial charge in [0.25, 0.3) is 5.56 Å². The average molecular weight is 437 g/mol. The Labute approximate surface area is 182 Å². The molecule has 0 spiro atoms. The van der Waals surface area contributed by atoms with E-state index in [0.29, 0.717) is 21.9 Å². The minimum absolute atomic E-state index is 0.0831. The first-order valence-corrected chi connectivity index (χ1v) is 10.8. The number of hydrogen-bond donors (Lipinski definition) is 2. The summed E-state index contributed by atoms with van der Waals surface area (Å²) in [5, 5.41) is 3.32. The fraction of sp³-hybridized carbons (Fsp3) is 0.174. The van der Waals surface area contributed by atoms with Crippen LogP contribution in [0.3, 0.4) is 0 Å². The van der Waals surface area contributed by atoms with Crippen molar-refractivity contribution in [1.29, 1.82) is 0 Å². The van der Waals surface area contributed by atoms with Gasteiger partial charge >= 0.3 is 0 Å². The standard InChI is InChI=1S/C23H21FN4O2S/c1-14-12-19-21(25-14)22(30)28(18-10-8-17(24)9-11-18)23(27-19)31-13-20(29)26-15(2)16-6-4-3-5-7-16/h3-12,15,25H,13H2,1-2H3,(H,26,29)/t15-/m1/s1. The summed E-state index contributed by atoms with van der Waals surface area (Å²) in [6.07, 6.45) is 0. The van der Waals surface area contributed by atoms with E-state index in [9.17, 15) is 14.0 Å². The first-order valence-electron chi connectivity index (χ1n) is 9.78. The lowest BCUT2D eigenvalue weighted by molar-refractivity contribution is -0.119. The molecule has 1 amide bonds. The molecule has 2 heterocycles. The third kappa shape index (κ3) is 4.54. The van der Waals surface area contributed by atoms with Crippen molar-refractivity contribution in [3.8, 4) is 5.69 Å². The Morgan fingerprint density at radius 2 is 1.90 bits per heavy atom. The zero-order valence-electron chi connectivity index (χ0n) is 17.1. The topological polar surface area (TPSA) is 79.8 Å². The number of carbonyl (C=O) groups excluding carboxylic acids is 1. The molecule has 0 fully saturated rings. The number of aromatic nitrogens is 3. The van der Waals surface area contributed by atoms with Crippen LogP contribution in [0.1, 0.15) is 24.2 Å². The number of benzene rings is 2. The predicted octanol–water partition coefficient (Wildman–Crippen LogP) is 4.13. The number of halogens is 1. The zero-order valence-corrected chi connectivity index (χ0v) is 17.9. The maximum absolute atomic E-state index is 13.4. The van der Waals surface area contributed by atoms with Crippen molar-refractivity contribution in [2.45, 2.75) is 25.0 Å². The van der Waals surface area contributed by atoms with Gasteiger partial charge in [0.05, 0.1) is 23.0 Å². The van der Waals surface area contributed by atoms with Crippen molar-refractivity contribution in [3.63, 3.8) is 0 Å². The van der Waals surface area contributed by atoms with E-state index in [1.807, 2.05) is 44.2 Å². The number of nitrogens with zero attached hydrogens (tertiary/aromatic N) is 2. The highest BCUT2D eigenvalue weighted by molar-refractivity contribution is 7.99. The Kier molecular flexibility index (Phi) is 5.90. The highest BCUT2D eigenvalue weighted by Gasteiger charge is 2.17. The lowest BCUT2D eigenvalue weighted by atomic mass is 10.1. The first-order chi connectivity index (χ1) is 14.9. The molecule has 6 nitrogen and oxygen atoms in total. The van der Waals surface area contributed by atoms with Gasteiger partial charge in [-0.25, -0.2) is 9.37 Å². The Balaban J connectivity index is 1.62. The molecule has 4 aromatic rings. The monoisotopic (exact) mass is 436 g/mol. The molecule has 0 aliphatic heterocycles. The molecule has 0 saturated heterocycles. The fourth-order valence-corrected chi connectivity index (χ4v) is 4.15. The third-order valence-corrected chi connectivity index (χ3v) is 5.79. The van der Waals surface area contributed by atoms with Gasteiger partial charge in [0.1, 0.15) is 11.3 Å². The van der Waals surface area contributed by atoms with Crippen molar-refractivity contribution in [2.75, 3.05) is 5.75 Å². The van der Waals surface area contributed by atoms with Crippen LogP contribution in [0.4, 0.5) is 4.39 Å². The lowest BCUT2D eigenvalue weighted by Crippen LogP contribution is -2.29. The molecule has 0 unspecified atom stereocenters. The molecule has 0 aliphatic carbocycles. The summed E-state index contributed by atoms with van der Waals surface area (Å²) in [4.78, 5) is 33.3. The summed E-state index contributed by atoms with van der Waals surface area (Å²) in [5.41, 5.74) is 2.89. The summed E-state index contributed by atoms with van der Waals surface area (Å²) < 4.78 is 14.8. The molecule has 31 heavy (non-hydrogen) atoms. The molecular weight excluding hydrogens is 415 g/mol. The number of rotatable bonds is 6. The average Bonchev–Trinajstić information content (AvgIpc) is 3.14. The van der Waals surface area contributed by atoms with E-state index < -0.39 is 5.82 Å². The SMILES string of the molecule is Cc1cc2nc(SCC(=O)N[C@H](C)c3ccccc3)n(-c3ccc(F)cc3)c(=O)c2[nH]1. The van der Waals surface area contributed by atoms with E-state index in [2.05, 4.69) is 15.3 Å². The molecule has 1 atom stereocenters. The quantitative estimate of drug-likeness (QED) is 0.352. The summed E-state index contributed by atoms with van der Waals surface area (Å²) in [5.74, 6) is -0.490. The van der Waals surface area contributed by atoms with Gasteiger partial charge in [-0.2, -0.15) is 0 Å². The van der Waals surface area contributed by atoms with Crippen molar-refractivity contribution in [3.05, 3.63) is 88.1 Å². The molecule has 8 heteroatoms. The van der Waals surface area contributed by atoms with Crippen LogP contribution >= 0.6 is 11.8 Å². The van der Waals surface area contributed by atoms with Gasteiger partial charge in [0.2, 0.25) is 5.91 Å². The van der Waals surface area contributed by atoms with Crippen LogP contribution in [0.5, 0.6) is 0 Å². The van der Waals surface area contributed by atoms with Crippen LogP contribution < -0.4 is 10.9 Å². The molecule has 158 valence electrons. The molecule has 4 rings (SSSR count). The van der Waals surface area contributed by atoms with Crippen LogP contribution in [-0.4, -0.2) is 26.2 Å². The Hall–Kier alpha value is -3.39. The van der Waals surface area contributed by atoms with Gasteiger partial charge in [-0.05, 0) is 49.7 Å². The number of aryl methyl sites for hydroxylation is 1. The number of nitrogens with one attached hydrogen (secondary N) is 2. The number of fused-ring (bicyclic) bond motifs is 1. The molecule has 2 aromatic heterocycles. The van der Waals surface area contributed by atoms with Gasteiger partial charge in [-0.15, -0.1) is 0 Å². The first kappa shape index (κ1) is 20.9. The largest absolute Gasteiger partial charge is 0.353 e. The normalized spacial score (nSPS) is 12.1. The van der Waals surface area contributed by atoms with Crippen LogP contribution in [0.15, 0.2) is 70.6 Å². The van der Waals surface area contributed by atoms with E-state index in [4.69, 9.17) is 0 Å². The van der Waals surface area contributed by atoms with Crippen LogP contribution in [0.25, 0.3) is 16.7 Å². The van der Waals surface area contributed by atoms with Gasteiger partial charge in [-0.3, -0.25) is 14.2 Å². The highest BCUT2D eigenvalue weighted by Crippen LogP contribution is 2.22. The Bertz CT molecular complexity index is 1280. The van der Waals surface area contributed by atoms with E-state index in [1.165, 1.54) is 28.8 Å². The van der Waals surface area contributed by atoms with Crippen molar-refractivity contribution < 1.29 is 9.18 Å². The van der Waals surface area contributed by atoms with Gasteiger partial charge in [0.15, 0.2) is 5.16 Å². The minimum atomic E-state index is -0.398. The summed E-state index contributed by atoms with van der Waals surface area (Å²) in [6.45, 7) is 3.76. The number of thioether (sulfide) groups is 1. The van der Waals surface area contributed by atoms with Crippen molar-refractivity contribution in [2.24, 2.45) is 0 Å². The van der Waals surface area contributed by atoms with E-state index in [-0.39, 0.29) is 23.3 Å². The predicted molar refractivity (Wildman–Crippen MR) is 120 cm³/mol. The molecular formula is C23H21FN4O2S. The Morgan fingerprint density at radius 3 is 2.61 bits per heavy atom. The third-order valence-electron chi connectivity index (χ3n) is 4.85. The van der Waals surface area contributed by atoms with E-state index in [0.717, 1.165) is 23.0 Å². The number of H-pyrrole nitrogens is 1. The fourth-order valence-electron chi connectivity index (χ4n) is 3.33. The second kappa shape index (κ2) is 8.77. The van der Waals surface area contributed by atoms with Crippen LogP contribution in [0.2, 0.25) is 0 Å². The van der Waals surface area contributed by atoms with Crippen molar-refractivity contribution in [1.82, 2.24) is 19.9 Å². The van der Waals surface area contributed by atoms with E-state index >= 15 is 0 Å². The van der Waals surface area contributed by atoms with E-state index in [1.54, 1.807) is 6.07 Å². The molecule has 0 saturated carbocycles. The zero-order chi connectivity index (χ0) is 22.0. The summed E-state index contributed by atoms with van der Waals surface area (Å²) in [7, 11) is 0. The number of hydrogen-bond acceptors (Lipinski definition) is 4. The Morgan fingerprint density at radius 1 is 1.19 bits per heavy atom. The smallest absolute Gasteiger partial charge is 0.283 e. The molecule has 0 radical (unpaired) electrons. The summed E-state index contributed by atoms with van der Waals surface area (Å²) >= 11 is 1.16. The maximum Gasteiger partial charge on any atom is 0.283 e. The molecule has 0 bridgehead atoms.